The molecule has 1 aliphatic heterocycles. The summed E-state index contributed by atoms with van der Waals surface area (Å²) in [5.74, 6) is -0.181. The van der Waals surface area contributed by atoms with E-state index in [1.807, 2.05) is 31.1 Å². The Hall–Kier alpha value is -2.14. The molecule has 0 radical (unpaired) electrons. The smallest absolute Gasteiger partial charge is 0.248 e. The first kappa shape index (κ1) is 25.5. The Labute approximate surface area is 198 Å². The van der Waals surface area contributed by atoms with Gasteiger partial charge in [-0.05, 0) is 76.5 Å². The van der Waals surface area contributed by atoms with Crippen molar-refractivity contribution in [2.24, 2.45) is 5.41 Å². The summed E-state index contributed by atoms with van der Waals surface area (Å²) in [5, 5.41) is 3.50. The number of allylic oxidation sites excluding steroid dienone is 5. The SMILES string of the molecule is COC(C1=CC(=O)N(C)C(CC2(C3=CC=C=CC(C)=C3F)CCCCC2)CN1)N(C)C(C)C. The number of likely N-dealkylation sites (N-methyl/N-ethyl adjacent to an activating group) is 2. The number of hydrogen-bond donors (Lipinski definition) is 1. The molecule has 182 valence electrons. The molecule has 0 spiro atoms. The van der Waals surface area contributed by atoms with E-state index in [4.69, 9.17) is 4.74 Å². The van der Waals surface area contributed by atoms with Gasteiger partial charge < -0.3 is 15.0 Å². The maximum atomic E-state index is 15.5. The minimum Gasteiger partial charge on any atom is -0.383 e. The molecule has 1 fully saturated rings. The van der Waals surface area contributed by atoms with Gasteiger partial charge in [0.05, 0.1) is 5.70 Å². The lowest BCUT2D eigenvalue weighted by molar-refractivity contribution is -0.127. The summed E-state index contributed by atoms with van der Waals surface area (Å²) in [6.45, 7) is 6.61. The second-order valence-corrected chi connectivity index (χ2v) is 10.0. The number of nitrogens with zero attached hydrogens (tertiary/aromatic N) is 2. The molecule has 3 aliphatic rings. The number of nitrogens with one attached hydrogen (secondary N) is 1. The van der Waals surface area contributed by atoms with Crippen LogP contribution in [0.1, 0.15) is 59.3 Å². The van der Waals surface area contributed by atoms with Gasteiger partial charge in [0, 0.05) is 44.3 Å². The van der Waals surface area contributed by atoms with Gasteiger partial charge in [-0.25, -0.2) is 4.39 Å². The van der Waals surface area contributed by atoms with Gasteiger partial charge >= 0.3 is 0 Å². The minimum atomic E-state index is -0.325. The van der Waals surface area contributed by atoms with Crippen molar-refractivity contribution in [1.29, 1.82) is 0 Å². The molecule has 33 heavy (non-hydrogen) atoms. The Bertz CT molecular complexity index is 889. The van der Waals surface area contributed by atoms with Crippen LogP contribution < -0.4 is 5.32 Å². The van der Waals surface area contributed by atoms with Crippen LogP contribution in [0.4, 0.5) is 4.39 Å². The van der Waals surface area contributed by atoms with Crippen LogP contribution in [0.2, 0.25) is 0 Å². The third-order valence-corrected chi connectivity index (χ3v) is 7.63. The fourth-order valence-corrected chi connectivity index (χ4v) is 5.32. The Morgan fingerprint density at radius 2 is 2.03 bits per heavy atom. The summed E-state index contributed by atoms with van der Waals surface area (Å²) >= 11 is 0. The van der Waals surface area contributed by atoms with E-state index in [2.05, 4.69) is 29.8 Å². The van der Waals surface area contributed by atoms with Crippen molar-refractivity contribution in [2.75, 3.05) is 27.7 Å². The quantitative estimate of drug-likeness (QED) is 0.439. The number of amides is 1. The highest BCUT2D eigenvalue weighted by Crippen LogP contribution is 2.50. The minimum absolute atomic E-state index is 0.0474. The molecule has 0 aromatic carbocycles. The number of methoxy groups -OCH3 is 1. The largest absolute Gasteiger partial charge is 0.383 e. The molecule has 1 N–H and O–H groups in total. The first-order chi connectivity index (χ1) is 15.7. The van der Waals surface area contributed by atoms with E-state index in [0.717, 1.165) is 43.4 Å². The van der Waals surface area contributed by atoms with Gasteiger partial charge in [0.2, 0.25) is 5.91 Å². The molecule has 3 rings (SSSR count). The Morgan fingerprint density at radius 1 is 1.33 bits per heavy atom. The molecule has 2 atom stereocenters. The Kier molecular flexibility index (Phi) is 8.38. The third kappa shape index (κ3) is 5.51. The zero-order valence-electron chi connectivity index (χ0n) is 21.1. The molecule has 1 heterocycles. The van der Waals surface area contributed by atoms with Crippen molar-refractivity contribution in [3.05, 3.63) is 52.7 Å². The summed E-state index contributed by atoms with van der Waals surface area (Å²) < 4.78 is 21.2. The number of carbonyl (C=O) groups excluding carboxylic acids is 1. The predicted octanol–water partition coefficient (Wildman–Crippen LogP) is 4.85. The number of carbonyl (C=O) groups is 1. The van der Waals surface area contributed by atoms with Crippen LogP contribution in [0.3, 0.4) is 0 Å². The highest BCUT2D eigenvalue weighted by Gasteiger charge is 2.42. The average molecular weight is 458 g/mol. The van der Waals surface area contributed by atoms with Crippen molar-refractivity contribution >= 4 is 5.91 Å². The second-order valence-electron chi connectivity index (χ2n) is 10.0. The summed E-state index contributed by atoms with van der Waals surface area (Å²) in [4.78, 5) is 17.1. The monoisotopic (exact) mass is 457 g/mol. The molecule has 2 aliphatic carbocycles. The average Bonchev–Trinajstić information content (AvgIpc) is 3.05. The fourth-order valence-electron chi connectivity index (χ4n) is 5.32. The lowest BCUT2D eigenvalue weighted by Gasteiger charge is -2.43. The fraction of sp³-hybridized carbons (Fsp3) is 0.630. The van der Waals surface area contributed by atoms with Crippen molar-refractivity contribution in [3.8, 4) is 0 Å². The van der Waals surface area contributed by atoms with E-state index >= 15 is 4.39 Å². The van der Waals surface area contributed by atoms with Gasteiger partial charge in [0.25, 0.3) is 0 Å². The van der Waals surface area contributed by atoms with Crippen LogP contribution >= 0.6 is 0 Å². The van der Waals surface area contributed by atoms with Crippen molar-refractivity contribution in [3.63, 3.8) is 0 Å². The number of hydrogen-bond acceptors (Lipinski definition) is 4. The van der Waals surface area contributed by atoms with E-state index in [1.165, 1.54) is 6.42 Å². The first-order valence-electron chi connectivity index (χ1n) is 12.2. The lowest BCUT2D eigenvalue weighted by Crippen LogP contribution is -2.46. The van der Waals surface area contributed by atoms with Gasteiger partial charge in [-0.15, -0.1) is 5.73 Å². The van der Waals surface area contributed by atoms with Gasteiger partial charge in [-0.2, -0.15) is 0 Å². The predicted molar refractivity (Wildman–Crippen MR) is 131 cm³/mol. The molecule has 0 aromatic heterocycles. The van der Waals surface area contributed by atoms with E-state index in [1.54, 1.807) is 26.2 Å². The molecular weight excluding hydrogens is 417 g/mol. The number of halogens is 1. The van der Waals surface area contributed by atoms with Crippen LogP contribution in [0.5, 0.6) is 0 Å². The van der Waals surface area contributed by atoms with Crippen LogP contribution in [-0.4, -0.2) is 61.8 Å². The van der Waals surface area contributed by atoms with Crippen LogP contribution in [0, 0.1) is 5.41 Å². The van der Waals surface area contributed by atoms with Gasteiger partial charge in [0.15, 0.2) is 6.23 Å². The highest BCUT2D eigenvalue weighted by atomic mass is 19.1. The molecule has 1 saturated carbocycles. The Morgan fingerprint density at radius 3 is 2.67 bits per heavy atom. The van der Waals surface area contributed by atoms with Crippen LogP contribution in [0.15, 0.2) is 52.7 Å². The standard InChI is InChI=1S/C27H40FN3O2/c1-19(2)30(4)26(33-6)23-16-24(32)31(5)21(18-29-23)17-27(14-10-7-11-15-27)22-13-9-8-12-20(3)25(22)28/h9,12-13,16,19,21,26,29H,7,10-11,14-15,17-18H2,1-6H3. The zero-order valence-corrected chi connectivity index (χ0v) is 21.1. The van der Waals surface area contributed by atoms with Crippen LogP contribution in [-0.2, 0) is 9.53 Å². The highest BCUT2D eigenvalue weighted by molar-refractivity contribution is 5.88. The summed E-state index contributed by atoms with van der Waals surface area (Å²) in [6, 6.07) is 0.206. The molecule has 0 saturated heterocycles. The molecule has 1 amide bonds. The third-order valence-electron chi connectivity index (χ3n) is 7.63. The van der Waals surface area contributed by atoms with Crippen LogP contribution in [0.25, 0.3) is 0 Å². The molecule has 0 aromatic rings. The van der Waals surface area contributed by atoms with E-state index < -0.39 is 0 Å². The molecule has 0 bridgehead atoms. The summed E-state index contributed by atoms with van der Waals surface area (Å²) in [6.07, 6.45) is 12.7. The van der Waals surface area contributed by atoms with Crippen molar-refractivity contribution < 1.29 is 13.9 Å². The molecule has 5 nitrogen and oxygen atoms in total. The lowest BCUT2D eigenvalue weighted by atomic mass is 9.64. The van der Waals surface area contributed by atoms with Crippen molar-refractivity contribution in [1.82, 2.24) is 15.1 Å². The summed E-state index contributed by atoms with van der Waals surface area (Å²) in [7, 11) is 5.52. The molecule has 2 unspecified atom stereocenters. The van der Waals surface area contributed by atoms with Gasteiger partial charge in [-0.1, -0.05) is 19.3 Å². The number of ether oxygens (including phenoxy) is 1. The van der Waals surface area contributed by atoms with E-state index in [-0.39, 0.29) is 35.5 Å². The number of rotatable bonds is 7. The van der Waals surface area contributed by atoms with E-state index in [9.17, 15) is 4.79 Å². The maximum absolute atomic E-state index is 15.5. The second kappa shape index (κ2) is 10.9. The summed E-state index contributed by atoms with van der Waals surface area (Å²) in [5.41, 5.74) is 4.93. The Balaban J connectivity index is 1.88. The van der Waals surface area contributed by atoms with Gasteiger partial charge in [-0.3, -0.25) is 9.69 Å². The zero-order chi connectivity index (χ0) is 24.2. The van der Waals surface area contributed by atoms with E-state index in [0.29, 0.717) is 12.1 Å². The van der Waals surface area contributed by atoms with Gasteiger partial charge in [0.1, 0.15) is 5.83 Å². The normalized spacial score (nSPS) is 24.5. The molecule has 6 heteroatoms. The topological polar surface area (TPSA) is 44.8 Å². The first-order valence-corrected chi connectivity index (χ1v) is 12.2. The van der Waals surface area contributed by atoms with Crippen molar-refractivity contribution in [2.45, 2.75) is 77.6 Å². The molecular formula is C27H40FN3O2. The maximum Gasteiger partial charge on any atom is 0.248 e.